The molecule has 2 fully saturated rings. The Morgan fingerprint density at radius 3 is 2.39 bits per heavy atom. The average molecular weight is 253 g/mol. The first-order valence-electron chi connectivity index (χ1n) is 7.36. The third-order valence-electron chi connectivity index (χ3n) is 4.42. The SMILES string of the molecule is CC(C)N1CCN(C(=O)[C@@H]2CCC[C@@H](N)C2)CC1. The molecule has 0 spiro atoms. The van der Waals surface area contributed by atoms with Gasteiger partial charge in [-0.3, -0.25) is 9.69 Å². The normalized spacial score (nSPS) is 30.8. The molecule has 1 aliphatic carbocycles. The Balaban J connectivity index is 1.83. The molecular weight excluding hydrogens is 226 g/mol. The monoisotopic (exact) mass is 253 g/mol. The summed E-state index contributed by atoms with van der Waals surface area (Å²) in [6.07, 6.45) is 4.13. The second-order valence-corrected chi connectivity index (χ2v) is 6.08. The molecule has 0 bridgehead atoms. The zero-order chi connectivity index (χ0) is 13.1. The molecule has 4 heteroatoms. The molecule has 4 nitrogen and oxygen atoms in total. The average Bonchev–Trinajstić information content (AvgIpc) is 2.38. The number of carbonyl (C=O) groups excluding carboxylic acids is 1. The summed E-state index contributed by atoms with van der Waals surface area (Å²) in [5, 5.41) is 0. The molecule has 2 rings (SSSR count). The largest absolute Gasteiger partial charge is 0.340 e. The first-order valence-corrected chi connectivity index (χ1v) is 7.36. The fourth-order valence-electron chi connectivity index (χ4n) is 3.17. The summed E-state index contributed by atoms with van der Waals surface area (Å²) >= 11 is 0. The topological polar surface area (TPSA) is 49.6 Å². The van der Waals surface area contributed by atoms with E-state index in [1.165, 1.54) is 0 Å². The molecule has 0 aromatic carbocycles. The Labute approximate surface area is 110 Å². The summed E-state index contributed by atoms with van der Waals surface area (Å²) in [6, 6.07) is 0.829. The number of piperazine rings is 1. The predicted molar refractivity (Wildman–Crippen MR) is 73.2 cm³/mol. The van der Waals surface area contributed by atoms with Gasteiger partial charge in [0.15, 0.2) is 0 Å². The molecule has 2 aliphatic rings. The number of hydrogen-bond acceptors (Lipinski definition) is 3. The van der Waals surface area contributed by atoms with Crippen LogP contribution in [0, 0.1) is 5.92 Å². The predicted octanol–water partition coefficient (Wildman–Crippen LogP) is 1.06. The van der Waals surface area contributed by atoms with E-state index in [2.05, 4.69) is 23.6 Å². The van der Waals surface area contributed by atoms with E-state index in [-0.39, 0.29) is 12.0 Å². The van der Waals surface area contributed by atoms with Gasteiger partial charge < -0.3 is 10.6 Å². The Kier molecular flexibility index (Phi) is 4.62. The van der Waals surface area contributed by atoms with Crippen LogP contribution >= 0.6 is 0 Å². The van der Waals surface area contributed by atoms with Gasteiger partial charge in [-0.1, -0.05) is 6.42 Å². The van der Waals surface area contributed by atoms with Crippen molar-refractivity contribution in [2.24, 2.45) is 11.7 Å². The van der Waals surface area contributed by atoms with Gasteiger partial charge in [-0.25, -0.2) is 0 Å². The molecule has 0 unspecified atom stereocenters. The van der Waals surface area contributed by atoms with Crippen LogP contribution in [0.1, 0.15) is 39.5 Å². The fourth-order valence-corrected chi connectivity index (χ4v) is 3.17. The van der Waals surface area contributed by atoms with Crippen molar-refractivity contribution in [2.75, 3.05) is 26.2 Å². The van der Waals surface area contributed by atoms with Gasteiger partial charge >= 0.3 is 0 Å². The van der Waals surface area contributed by atoms with Gasteiger partial charge in [-0.15, -0.1) is 0 Å². The van der Waals surface area contributed by atoms with E-state index in [9.17, 15) is 4.79 Å². The van der Waals surface area contributed by atoms with Crippen molar-refractivity contribution in [3.63, 3.8) is 0 Å². The van der Waals surface area contributed by atoms with Crippen molar-refractivity contribution in [3.05, 3.63) is 0 Å². The van der Waals surface area contributed by atoms with Crippen LogP contribution < -0.4 is 5.73 Å². The first kappa shape index (κ1) is 13.8. The third kappa shape index (κ3) is 3.23. The van der Waals surface area contributed by atoms with E-state index < -0.39 is 0 Å². The minimum Gasteiger partial charge on any atom is -0.340 e. The molecule has 18 heavy (non-hydrogen) atoms. The van der Waals surface area contributed by atoms with E-state index in [4.69, 9.17) is 5.73 Å². The molecule has 1 heterocycles. The molecule has 1 saturated heterocycles. The minimum absolute atomic E-state index is 0.194. The highest BCUT2D eigenvalue weighted by Gasteiger charge is 2.30. The van der Waals surface area contributed by atoms with Gasteiger partial charge in [0.1, 0.15) is 0 Å². The first-order chi connectivity index (χ1) is 8.58. The summed E-state index contributed by atoms with van der Waals surface area (Å²) in [5.41, 5.74) is 5.98. The second kappa shape index (κ2) is 6.02. The Morgan fingerprint density at radius 2 is 1.83 bits per heavy atom. The Bertz CT molecular complexity index is 285. The summed E-state index contributed by atoms with van der Waals surface area (Å²) in [5.74, 6) is 0.549. The standard InChI is InChI=1S/C14H27N3O/c1-11(2)16-6-8-17(9-7-16)14(18)12-4-3-5-13(15)10-12/h11-13H,3-10,15H2,1-2H3/t12-,13-/m1/s1. The molecule has 0 aromatic heterocycles. The van der Waals surface area contributed by atoms with Gasteiger partial charge in [0, 0.05) is 44.2 Å². The van der Waals surface area contributed by atoms with Gasteiger partial charge in [0.2, 0.25) is 5.91 Å². The smallest absolute Gasteiger partial charge is 0.225 e. The third-order valence-corrected chi connectivity index (χ3v) is 4.42. The highest BCUT2D eigenvalue weighted by molar-refractivity contribution is 5.79. The highest BCUT2D eigenvalue weighted by Crippen LogP contribution is 2.25. The van der Waals surface area contributed by atoms with Crippen molar-refractivity contribution < 1.29 is 4.79 Å². The number of nitrogens with two attached hydrogens (primary N) is 1. The summed E-state index contributed by atoms with van der Waals surface area (Å²) in [6.45, 7) is 8.26. The lowest BCUT2D eigenvalue weighted by molar-refractivity contribution is -0.138. The molecular formula is C14H27N3O. The summed E-state index contributed by atoms with van der Waals surface area (Å²) in [7, 11) is 0. The van der Waals surface area contributed by atoms with Crippen LogP contribution in [-0.2, 0) is 4.79 Å². The van der Waals surface area contributed by atoms with Crippen molar-refractivity contribution in [1.82, 2.24) is 9.80 Å². The summed E-state index contributed by atoms with van der Waals surface area (Å²) < 4.78 is 0. The molecule has 1 amide bonds. The molecule has 0 aromatic rings. The molecule has 2 atom stereocenters. The number of hydrogen-bond donors (Lipinski definition) is 1. The zero-order valence-electron chi connectivity index (χ0n) is 11.8. The number of carbonyl (C=O) groups is 1. The maximum atomic E-state index is 12.4. The quantitative estimate of drug-likeness (QED) is 0.800. The van der Waals surface area contributed by atoms with E-state index in [0.717, 1.165) is 51.9 Å². The van der Waals surface area contributed by atoms with Crippen molar-refractivity contribution in [2.45, 2.75) is 51.6 Å². The minimum atomic E-state index is 0.194. The van der Waals surface area contributed by atoms with Crippen LogP contribution in [0.2, 0.25) is 0 Å². The van der Waals surface area contributed by atoms with E-state index in [1.807, 2.05) is 0 Å². The number of amides is 1. The van der Waals surface area contributed by atoms with Gasteiger partial charge in [-0.2, -0.15) is 0 Å². The lowest BCUT2D eigenvalue weighted by atomic mass is 9.85. The molecule has 2 N–H and O–H groups in total. The van der Waals surface area contributed by atoms with Crippen molar-refractivity contribution >= 4 is 5.91 Å². The molecule has 1 saturated carbocycles. The molecule has 1 aliphatic heterocycles. The lowest BCUT2D eigenvalue weighted by Gasteiger charge is -2.39. The van der Waals surface area contributed by atoms with E-state index >= 15 is 0 Å². The fraction of sp³-hybridized carbons (Fsp3) is 0.929. The second-order valence-electron chi connectivity index (χ2n) is 6.08. The maximum Gasteiger partial charge on any atom is 0.225 e. The maximum absolute atomic E-state index is 12.4. The van der Waals surface area contributed by atoms with Crippen LogP contribution in [0.15, 0.2) is 0 Å². The number of nitrogens with zero attached hydrogens (tertiary/aromatic N) is 2. The van der Waals surface area contributed by atoms with E-state index in [0.29, 0.717) is 11.9 Å². The zero-order valence-corrected chi connectivity index (χ0v) is 11.8. The highest BCUT2D eigenvalue weighted by atomic mass is 16.2. The van der Waals surface area contributed by atoms with Crippen LogP contribution in [0.5, 0.6) is 0 Å². The van der Waals surface area contributed by atoms with Crippen LogP contribution in [0.3, 0.4) is 0 Å². The van der Waals surface area contributed by atoms with Crippen molar-refractivity contribution in [3.8, 4) is 0 Å². The Hall–Kier alpha value is -0.610. The number of rotatable bonds is 2. The van der Waals surface area contributed by atoms with E-state index in [1.54, 1.807) is 0 Å². The van der Waals surface area contributed by atoms with Crippen LogP contribution in [0.25, 0.3) is 0 Å². The Morgan fingerprint density at radius 1 is 1.17 bits per heavy atom. The van der Waals surface area contributed by atoms with Crippen LogP contribution in [-0.4, -0.2) is 54.0 Å². The molecule has 104 valence electrons. The summed E-state index contributed by atoms with van der Waals surface area (Å²) in [4.78, 5) is 16.9. The van der Waals surface area contributed by atoms with Gasteiger partial charge in [0.05, 0.1) is 0 Å². The molecule has 0 radical (unpaired) electrons. The van der Waals surface area contributed by atoms with Gasteiger partial charge in [-0.05, 0) is 33.1 Å². The lowest BCUT2D eigenvalue weighted by Crippen LogP contribution is -2.52. The van der Waals surface area contributed by atoms with Crippen molar-refractivity contribution in [1.29, 1.82) is 0 Å². The van der Waals surface area contributed by atoms with Crippen LogP contribution in [0.4, 0.5) is 0 Å². The van der Waals surface area contributed by atoms with Gasteiger partial charge in [0.25, 0.3) is 0 Å².